The van der Waals surface area contributed by atoms with E-state index in [4.69, 9.17) is 0 Å². The molecule has 2 unspecified atom stereocenters. The van der Waals surface area contributed by atoms with Crippen LogP contribution in [0.25, 0.3) is 0 Å². The van der Waals surface area contributed by atoms with Gasteiger partial charge in [-0.3, -0.25) is 4.79 Å². The van der Waals surface area contributed by atoms with Gasteiger partial charge in [0.1, 0.15) is 0 Å². The fraction of sp³-hybridized carbons (Fsp3) is 0.632. The van der Waals surface area contributed by atoms with Crippen molar-refractivity contribution in [1.29, 1.82) is 0 Å². The van der Waals surface area contributed by atoms with Crippen molar-refractivity contribution in [2.75, 3.05) is 13.6 Å². The fourth-order valence-corrected chi connectivity index (χ4v) is 4.33. The van der Waals surface area contributed by atoms with Gasteiger partial charge in [-0.25, -0.2) is 0 Å². The van der Waals surface area contributed by atoms with Crippen molar-refractivity contribution in [3.05, 3.63) is 35.9 Å². The molecule has 1 N–H and O–H groups in total. The van der Waals surface area contributed by atoms with Gasteiger partial charge in [-0.1, -0.05) is 31.5 Å². The van der Waals surface area contributed by atoms with Gasteiger partial charge in [-0.2, -0.15) is 0 Å². The summed E-state index contributed by atoms with van der Waals surface area (Å²) < 4.78 is 0. The fourth-order valence-electron chi connectivity index (χ4n) is 4.33. The Morgan fingerprint density at radius 2 is 1.78 bits per heavy atom. The molecule has 0 radical (unpaired) electrons. The number of nitrogens with zero attached hydrogens (tertiary/aromatic N) is 1. The number of fused-ring (bicyclic) bond motifs is 2. The minimum Gasteiger partial charge on any atom is -1.00 e. The molecule has 4 heteroatoms. The van der Waals surface area contributed by atoms with E-state index in [0.29, 0.717) is 6.04 Å². The van der Waals surface area contributed by atoms with Crippen LogP contribution in [0, 0.1) is 0 Å². The third-order valence-corrected chi connectivity index (χ3v) is 5.74. The number of piperidine rings is 1. The van der Waals surface area contributed by atoms with Crippen molar-refractivity contribution in [1.82, 2.24) is 4.90 Å². The van der Waals surface area contributed by atoms with Gasteiger partial charge >= 0.3 is 0 Å². The average molecular weight is 337 g/mol. The molecule has 1 aromatic rings. The number of halogens is 1. The molecule has 2 fully saturated rings. The minimum absolute atomic E-state index is 0. The highest BCUT2D eigenvalue weighted by atomic mass is 35.5. The zero-order valence-corrected chi connectivity index (χ0v) is 15.1. The third kappa shape index (κ3) is 3.89. The second kappa shape index (κ2) is 8.16. The molecule has 0 aromatic heterocycles. The van der Waals surface area contributed by atoms with Crippen LogP contribution in [-0.2, 0) is 0 Å². The van der Waals surface area contributed by atoms with Crippen molar-refractivity contribution in [3.63, 3.8) is 0 Å². The summed E-state index contributed by atoms with van der Waals surface area (Å²) in [6, 6.07) is 11.8. The molecule has 2 aliphatic heterocycles. The molecule has 0 saturated carbocycles. The lowest BCUT2D eigenvalue weighted by Crippen LogP contribution is -3.15. The monoisotopic (exact) mass is 336 g/mol. The van der Waals surface area contributed by atoms with Gasteiger partial charge in [0.2, 0.25) is 0 Å². The standard InChI is InChI=1S/C19H28N2O.ClH/c1-3-4-12-21(19(22)15-8-6-5-7-9-15)18-13-16-10-11-17(14-18)20(16)2;/h5-9,16-18H,3-4,10-14H2,1-2H3;1H. The van der Waals surface area contributed by atoms with E-state index in [1.165, 1.54) is 25.7 Å². The average Bonchev–Trinajstić information content (AvgIpc) is 2.77. The van der Waals surface area contributed by atoms with Crippen LogP contribution in [0.4, 0.5) is 0 Å². The smallest absolute Gasteiger partial charge is 0.254 e. The Balaban J connectivity index is 0.00000192. The number of unbranched alkanes of at least 4 members (excludes halogenated alkanes) is 1. The molecule has 3 rings (SSSR count). The molecule has 2 heterocycles. The molecule has 23 heavy (non-hydrogen) atoms. The van der Waals surface area contributed by atoms with Crippen molar-refractivity contribution < 1.29 is 22.1 Å². The van der Waals surface area contributed by atoms with Crippen LogP contribution in [0.15, 0.2) is 30.3 Å². The van der Waals surface area contributed by atoms with E-state index in [9.17, 15) is 4.79 Å². The van der Waals surface area contributed by atoms with Crippen LogP contribution >= 0.6 is 0 Å². The van der Waals surface area contributed by atoms with E-state index >= 15 is 0 Å². The maximum atomic E-state index is 13.0. The summed E-state index contributed by atoms with van der Waals surface area (Å²) >= 11 is 0. The van der Waals surface area contributed by atoms with Gasteiger partial charge < -0.3 is 22.2 Å². The summed E-state index contributed by atoms with van der Waals surface area (Å²) in [5, 5.41) is 0. The number of hydrogen-bond acceptors (Lipinski definition) is 1. The second-order valence-electron chi connectivity index (χ2n) is 7.06. The number of rotatable bonds is 5. The van der Waals surface area contributed by atoms with E-state index in [1.54, 1.807) is 4.90 Å². The highest BCUT2D eigenvalue weighted by Crippen LogP contribution is 2.27. The summed E-state index contributed by atoms with van der Waals surface area (Å²) in [6.45, 7) is 3.11. The summed E-state index contributed by atoms with van der Waals surface area (Å²) in [4.78, 5) is 16.9. The predicted molar refractivity (Wildman–Crippen MR) is 89.1 cm³/mol. The molecule has 0 spiro atoms. The summed E-state index contributed by atoms with van der Waals surface area (Å²) in [5.74, 6) is 0.234. The molecule has 2 saturated heterocycles. The lowest BCUT2D eigenvalue weighted by Gasteiger charge is -2.40. The van der Waals surface area contributed by atoms with Crippen molar-refractivity contribution in [3.8, 4) is 0 Å². The van der Waals surface area contributed by atoms with Gasteiger partial charge in [-0.05, 0) is 18.6 Å². The Morgan fingerprint density at radius 3 is 2.35 bits per heavy atom. The SMILES string of the molecule is CCCCN(C(=O)c1ccccc1)C1CC2CCC(C1)[NH+]2C.[Cl-]. The van der Waals surface area contributed by atoms with Crippen LogP contribution in [0.5, 0.6) is 0 Å². The molecular formula is C19H29ClN2O. The molecule has 2 aliphatic rings. The Morgan fingerprint density at radius 1 is 1.17 bits per heavy atom. The Labute approximate surface area is 146 Å². The molecule has 0 aliphatic carbocycles. The predicted octanol–water partition coefficient (Wildman–Crippen LogP) is -0.859. The topological polar surface area (TPSA) is 24.8 Å². The molecule has 1 amide bonds. The molecule has 1 aromatic carbocycles. The highest BCUT2D eigenvalue weighted by molar-refractivity contribution is 5.94. The molecule has 2 atom stereocenters. The van der Waals surface area contributed by atoms with E-state index in [0.717, 1.165) is 37.0 Å². The van der Waals surface area contributed by atoms with Crippen LogP contribution in [0.3, 0.4) is 0 Å². The van der Waals surface area contributed by atoms with Crippen molar-refractivity contribution in [2.45, 2.75) is 63.6 Å². The Hall–Kier alpha value is -1.06. The number of carbonyl (C=O) groups excluding carboxylic acids is 1. The van der Waals surface area contributed by atoms with Gasteiger partial charge in [0.05, 0.1) is 19.1 Å². The van der Waals surface area contributed by atoms with E-state index in [2.05, 4.69) is 18.9 Å². The van der Waals surface area contributed by atoms with Crippen LogP contribution in [0.2, 0.25) is 0 Å². The van der Waals surface area contributed by atoms with Crippen LogP contribution in [-0.4, -0.2) is 42.5 Å². The first-order chi connectivity index (χ1) is 10.7. The van der Waals surface area contributed by atoms with Gasteiger partial charge in [0, 0.05) is 43.8 Å². The van der Waals surface area contributed by atoms with E-state index in [-0.39, 0.29) is 18.3 Å². The zero-order chi connectivity index (χ0) is 15.5. The molecular weight excluding hydrogens is 308 g/mol. The number of quaternary nitrogens is 1. The first-order valence-corrected chi connectivity index (χ1v) is 8.90. The molecule has 2 bridgehead atoms. The summed E-state index contributed by atoms with van der Waals surface area (Å²) in [5.41, 5.74) is 0.845. The minimum atomic E-state index is 0. The lowest BCUT2D eigenvalue weighted by molar-refractivity contribution is -0.922. The Bertz CT molecular complexity index is 493. The lowest BCUT2D eigenvalue weighted by atomic mass is 9.95. The maximum Gasteiger partial charge on any atom is 0.254 e. The number of nitrogens with one attached hydrogen (secondary N) is 1. The van der Waals surface area contributed by atoms with Crippen molar-refractivity contribution in [2.24, 2.45) is 0 Å². The maximum absolute atomic E-state index is 13.0. The summed E-state index contributed by atoms with van der Waals surface area (Å²) in [7, 11) is 2.34. The van der Waals surface area contributed by atoms with Gasteiger partial charge in [0.15, 0.2) is 0 Å². The van der Waals surface area contributed by atoms with Crippen LogP contribution < -0.4 is 17.3 Å². The van der Waals surface area contributed by atoms with E-state index in [1.807, 2.05) is 30.3 Å². The normalized spacial score (nSPS) is 29.0. The quantitative estimate of drug-likeness (QED) is 0.744. The number of amides is 1. The van der Waals surface area contributed by atoms with Gasteiger partial charge in [0.25, 0.3) is 5.91 Å². The molecule has 128 valence electrons. The second-order valence-corrected chi connectivity index (χ2v) is 7.06. The van der Waals surface area contributed by atoms with Crippen LogP contribution in [0.1, 0.15) is 55.8 Å². The summed E-state index contributed by atoms with van der Waals surface area (Å²) in [6.07, 6.45) is 7.30. The largest absolute Gasteiger partial charge is 1.00 e. The molecule has 3 nitrogen and oxygen atoms in total. The highest BCUT2D eigenvalue weighted by Gasteiger charge is 2.44. The number of hydrogen-bond donors (Lipinski definition) is 1. The first-order valence-electron chi connectivity index (χ1n) is 8.90. The number of benzene rings is 1. The van der Waals surface area contributed by atoms with Crippen molar-refractivity contribution >= 4 is 5.91 Å². The Kier molecular flexibility index (Phi) is 6.49. The zero-order valence-electron chi connectivity index (χ0n) is 14.3. The van der Waals surface area contributed by atoms with Gasteiger partial charge in [-0.15, -0.1) is 0 Å². The third-order valence-electron chi connectivity index (χ3n) is 5.74. The first kappa shape index (κ1) is 18.3. The van der Waals surface area contributed by atoms with E-state index < -0.39 is 0 Å². The number of carbonyl (C=O) groups is 1.